The van der Waals surface area contributed by atoms with Gasteiger partial charge in [-0.3, -0.25) is 4.79 Å². The van der Waals surface area contributed by atoms with E-state index in [0.717, 1.165) is 16.7 Å². The van der Waals surface area contributed by atoms with Crippen molar-refractivity contribution < 1.29 is 4.79 Å². The van der Waals surface area contributed by atoms with Crippen LogP contribution in [0.3, 0.4) is 0 Å². The highest BCUT2D eigenvalue weighted by Crippen LogP contribution is 2.08. The van der Waals surface area contributed by atoms with Gasteiger partial charge in [0, 0.05) is 11.8 Å². The number of anilines is 1. The Morgan fingerprint density at radius 2 is 2.00 bits per heavy atom. The number of amides is 1. The largest absolute Gasteiger partial charge is 0.310 e. The molecule has 0 aliphatic carbocycles. The van der Waals surface area contributed by atoms with Gasteiger partial charge in [0.1, 0.15) is 13.9 Å². The molecule has 0 saturated carbocycles. The Labute approximate surface area is 139 Å². The summed E-state index contributed by atoms with van der Waals surface area (Å²) in [6.45, 7) is 8.62. The van der Waals surface area contributed by atoms with Crippen molar-refractivity contribution in [3.05, 3.63) is 59.3 Å². The highest BCUT2D eigenvalue weighted by atomic mass is 28.3. The molecule has 0 fully saturated rings. The zero-order valence-corrected chi connectivity index (χ0v) is 15.1. The van der Waals surface area contributed by atoms with Crippen LogP contribution in [0.5, 0.6) is 0 Å². The van der Waals surface area contributed by atoms with Crippen LogP contribution in [0, 0.1) is 18.4 Å². The minimum atomic E-state index is -1.39. The fraction of sp³-hybridized carbons (Fsp3) is 0.263. The molecule has 0 bridgehead atoms. The minimum Gasteiger partial charge on any atom is -0.310 e. The maximum Gasteiger partial charge on any atom is 0.229 e. The van der Waals surface area contributed by atoms with Gasteiger partial charge in [0.2, 0.25) is 5.91 Å². The van der Waals surface area contributed by atoms with E-state index in [1.165, 1.54) is 0 Å². The molecule has 0 unspecified atom stereocenters. The summed E-state index contributed by atoms with van der Waals surface area (Å²) in [6.07, 6.45) is 2.05. The van der Waals surface area contributed by atoms with Crippen LogP contribution >= 0.6 is 0 Å². The van der Waals surface area contributed by atoms with E-state index in [-0.39, 0.29) is 5.91 Å². The molecule has 0 aliphatic rings. The number of pyridine rings is 1. The zero-order valence-electron chi connectivity index (χ0n) is 14.1. The Bertz CT molecular complexity index is 749. The SMILES string of the molecule is Cc1cccc(CC(=O)Nc2ccc(C#C[Si](C)(C)C)cn2)c1. The van der Waals surface area contributed by atoms with Crippen LogP contribution in [0.1, 0.15) is 16.7 Å². The molecule has 0 radical (unpaired) electrons. The summed E-state index contributed by atoms with van der Waals surface area (Å²) in [5.74, 6) is 3.64. The van der Waals surface area contributed by atoms with Crippen LogP contribution in [0.4, 0.5) is 5.82 Å². The number of aryl methyl sites for hydroxylation is 1. The monoisotopic (exact) mass is 322 g/mol. The lowest BCUT2D eigenvalue weighted by atomic mass is 10.1. The van der Waals surface area contributed by atoms with Gasteiger partial charge in [-0.25, -0.2) is 4.98 Å². The smallest absolute Gasteiger partial charge is 0.229 e. The number of rotatable bonds is 3. The number of nitrogens with one attached hydrogen (secondary N) is 1. The second kappa shape index (κ2) is 7.25. The number of hydrogen-bond donors (Lipinski definition) is 1. The van der Waals surface area contributed by atoms with Gasteiger partial charge in [-0.05, 0) is 24.6 Å². The van der Waals surface area contributed by atoms with Crippen molar-refractivity contribution in [1.29, 1.82) is 0 Å². The average molecular weight is 322 g/mol. The lowest BCUT2D eigenvalue weighted by molar-refractivity contribution is -0.115. The van der Waals surface area contributed by atoms with E-state index in [2.05, 4.69) is 41.4 Å². The summed E-state index contributed by atoms with van der Waals surface area (Å²) in [5, 5.41) is 2.82. The summed E-state index contributed by atoms with van der Waals surface area (Å²) >= 11 is 0. The van der Waals surface area contributed by atoms with Crippen molar-refractivity contribution in [3.63, 3.8) is 0 Å². The topological polar surface area (TPSA) is 42.0 Å². The molecule has 2 aromatic rings. The third-order valence-electron chi connectivity index (χ3n) is 3.06. The quantitative estimate of drug-likeness (QED) is 0.690. The first-order valence-electron chi connectivity index (χ1n) is 7.66. The van der Waals surface area contributed by atoms with E-state index in [0.29, 0.717) is 12.2 Å². The fourth-order valence-electron chi connectivity index (χ4n) is 2.00. The van der Waals surface area contributed by atoms with Crippen LogP contribution < -0.4 is 5.32 Å². The highest BCUT2D eigenvalue weighted by molar-refractivity contribution is 6.83. The second-order valence-electron chi connectivity index (χ2n) is 6.65. The Kier molecular flexibility index (Phi) is 5.35. The molecule has 4 heteroatoms. The molecule has 0 aliphatic heterocycles. The summed E-state index contributed by atoms with van der Waals surface area (Å²) in [5.41, 5.74) is 6.33. The lowest BCUT2D eigenvalue weighted by Crippen LogP contribution is -2.16. The second-order valence-corrected chi connectivity index (χ2v) is 11.4. The van der Waals surface area contributed by atoms with Gasteiger partial charge in [-0.1, -0.05) is 55.4 Å². The molecule has 0 spiro atoms. The van der Waals surface area contributed by atoms with Crippen molar-refractivity contribution in [2.75, 3.05) is 5.32 Å². The van der Waals surface area contributed by atoms with Gasteiger partial charge in [0.15, 0.2) is 0 Å². The van der Waals surface area contributed by atoms with E-state index in [1.807, 2.05) is 37.3 Å². The van der Waals surface area contributed by atoms with Crippen LogP contribution in [0.2, 0.25) is 19.6 Å². The number of carbonyl (C=O) groups is 1. The molecule has 3 nitrogen and oxygen atoms in total. The van der Waals surface area contributed by atoms with Crippen molar-refractivity contribution in [3.8, 4) is 11.5 Å². The average Bonchev–Trinajstić information content (AvgIpc) is 2.45. The zero-order chi connectivity index (χ0) is 16.9. The number of carbonyl (C=O) groups excluding carboxylic acids is 1. The molecule has 1 amide bonds. The van der Waals surface area contributed by atoms with Gasteiger partial charge < -0.3 is 5.32 Å². The first-order valence-corrected chi connectivity index (χ1v) is 11.2. The van der Waals surface area contributed by atoms with Crippen LogP contribution in [-0.2, 0) is 11.2 Å². The molecule has 23 heavy (non-hydrogen) atoms. The Morgan fingerprint density at radius 3 is 2.61 bits per heavy atom. The standard InChI is InChI=1S/C19H22N2OSi/c1-15-6-5-7-17(12-15)13-19(22)21-18-9-8-16(14-20-18)10-11-23(2,3)4/h5-9,12,14H,13H2,1-4H3,(H,20,21,22). The normalized spacial score (nSPS) is 10.6. The summed E-state index contributed by atoms with van der Waals surface area (Å²) in [7, 11) is -1.39. The van der Waals surface area contributed by atoms with Crippen LogP contribution in [-0.4, -0.2) is 19.0 Å². The van der Waals surface area contributed by atoms with Crippen molar-refractivity contribution in [1.82, 2.24) is 4.98 Å². The highest BCUT2D eigenvalue weighted by Gasteiger charge is 2.08. The number of aromatic nitrogens is 1. The van der Waals surface area contributed by atoms with Crippen LogP contribution in [0.25, 0.3) is 0 Å². The molecular formula is C19H22N2OSi. The van der Waals surface area contributed by atoms with E-state index in [4.69, 9.17) is 0 Å². The van der Waals surface area contributed by atoms with Gasteiger partial charge in [0.25, 0.3) is 0 Å². The predicted molar refractivity (Wildman–Crippen MR) is 98.0 cm³/mol. The maximum absolute atomic E-state index is 12.1. The van der Waals surface area contributed by atoms with Gasteiger partial charge in [0.05, 0.1) is 6.42 Å². The Morgan fingerprint density at radius 1 is 1.22 bits per heavy atom. The summed E-state index contributed by atoms with van der Waals surface area (Å²) < 4.78 is 0. The van der Waals surface area contributed by atoms with Crippen molar-refractivity contribution in [2.24, 2.45) is 0 Å². The van der Waals surface area contributed by atoms with Crippen molar-refractivity contribution >= 4 is 19.8 Å². The molecule has 1 aromatic heterocycles. The third kappa shape index (κ3) is 6.09. The molecule has 0 saturated heterocycles. The molecule has 1 aromatic carbocycles. The van der Waals surface area contributed by atoms with E-state index in [9.17, 15) is 4.79 Å². The molecule has 2 rings (SSSR count). The Balaban J connectivity index is 1.97. The minimum absolute atomic E-state index is 0.0657. The molecule has 1 heterocycles. The first kappa shape index (κ1) is 17.0. The lowest BCUT2D eigenvalue weighted by Gasteiger charge is -2.06. The molecular weight excluding hydrogens is 300 g/mol. The molecule has 1 N–H and O–H groups in total. The molecule has 118 valence electrons. The van der Waals surface area contributed by atoms with Crippen LogP contribution in [0.15, 0.2) is 42.6 Å². The number of nitrogens with zero attached hydrogens (tertiary/aromatic N) is 1. The Hall–Kier alpha value is -2.38. The first-order chi connectivity index (χ1) is 10.8. The van der Waals surface area contributed by atoms with E-state index < -0.39 is 8.07 Å². The number of benzene rings is 1. The fourth-order valence-corrected chi connectivity index (χ4v) is 2.52. The van der Waals surface area contributed by atoms with Gasteiger partial charge >= 0.3 is 0 Å². The summed E-state index contributed by atoms with van der Waals surface area (Å²) in [4.78, 5) is 16.3. The molecule has 0 atom stereocenters. The van der Waals surface area contributed by atoms with Crippen molar-refractivity contribution in [2.45, 2.75) is 33.0 Å². The van der Waals surface area contributed by atoms with Gasteiger partial charge in [-0.2, -0.15) is 0 Å². The number of hydrogen-bond acceptors (Lipinski definition) is 2. The maximum atomic E-state index is 12.1. The summed E-state index contributed by atoms with van der Waals surface area (Å²) in [6, 6.07) is 11.6. The predicted octanol–water partition coefficient (Wildman–Crippen LogP) is 3.80. The van der Waals surface area contributed by atoms with E-state index in [1.54, 1.807) is 12.3 Å². The van der Waals surface area contributed by atoms with E-state index >= 15 is 0 Å². The third-order valence-corrected chi connectivity index (χ3v) is 3.93. The van der Waals surface area contributed by atoms with Gasteiger partial charge in [-0.15, -0.1) is 5.54 Å².